The van der Waals surface area contributed by atoms with E-state index in [2.05, 4.69) is 15.5 Å². The molecule has 4 nitrogen and oxygen atoms in total. The van der Waals surface area contributed by atoms with E-state index in [1.807, 2.05) is 0 Å². The standard InChI is InChI=1S/C12H10F4N4S/c1-6-2-7(3-8(10(6)13)12(14,15)16)4-18-20-11-19-9(17)5-21-11/h2-5H,17H2,1H3,(H,19,20). The number of nitrogens with one attached hydrogen (secondary N) is 1. The molecule has 0 spiro atoms. The fraction of sp³-hybridized carbons (Fsp3) is 0.167. The monoisotopic (exact) mass is 318 g/mol. The molecule has 21 heavy (non-hydrogen) atoms. The molecular weight excluding hydrogens is 308 g/mol. The van der Waals surface area contributed by atoms with Crippen LogP contribution < -0.4 is 11.2 Å². The number of hydrogen-bond donors (Lipinski definition) is 2. The lowest BCUT2D eigenvalue weighted by Crippen LogP contribution is -2.10. The maximum atomic E-state index is 13.5. The summed E-state index contributed by atoms with van der Waals surface area (Å²) in [6, 6.07) is 1.97. The lowest BCUT2D eigenvalue weighted by atomic mass is 10.1. The number of anilines is 2. The van der Waals surface area contributed by atoms with E-state index in [0.29, 0.717) is 17.0 Å². The van der Waals surface area contributed by atoms with Gasteiger partial charge in [-0.1, -0.05) is 0 Å². The van der Waals surface area contributed by atoms with Crippen molar-refractivity contribution in [3.8, 4) is 0 Å². The average molecular weight is 318 g/mol. The van der Waals surface area contributed by atoms with Crippen LogP contribution in [-0.4, -0.2) is 11.2 Å². The first-order valence-electron chi connectivity index (χ1n) is 5.65. The second-order valence-electron chi connectivity index (χ2n) is 4.14. The first-order valence-corrected chi connectivity index (χ1v) is 6.53. The summed E-state index contributed by atoms with van der Waals surface area (Å²) in [4.78, 5) is 3.86. The van der Waals surface area contributed by atoms with E-state index < -0.39 is 17.6 Å². The van der Waals surface area contributed by atoms with Crippen LogP contribution in [0.1, 0.15) is 16.7 Å². The zero-order valence-corrected chi connectivity index (χ0v) is 11.5. The molecule has 1 aromatic carbocycles. The second kappa shape index (κ2) is 5.68. The molecule has 2 aromatic rings. The van der Waals surface area contributed by atoms with Crippen molar-refractivity contribution < 1.29 is 17.6 Å². The number of aromatic nitrogens is 1. The molecule has 0 aliphatic carbocycles. The lowest BCUT2D eigenvalue weighted by molar-refractivity contribution is -0.140. The molecule has 0 saturated heterocycles. The molecule has 1 heterocycles. The molecule has 0 aliphatic heterocycles. The highest BCUT2D eigenvalue weighted by atomic mass is 32.1. The van der Waals surface area contributed by atoms with Crippen molar-refractivity contribution >= 4 is 28.5 Å². The minimum atomic E-state index is -4.75. The van der Waals surface area contributed by atoms with Crippen LogP contribution in [0.25, 0.3) is 0 Å². The smallest absolute Gasteiger partial charge is 0.383 e. The maximum absolute atomic E-state index is 13.5. The van der Waals surface area contributed by atoms with Crippen LogP contribution in [0.15, 0.2) is 22.6 Å². The van der Waals surface area contributed by atoms with E-state index in [4.69, 9.17) is 5.73 Å². The SMILES string of the molecule is Cc1cc(C=NNc2nc(N)cs2)cc(C(F)(F)F)c1F. The van der Waals surface area contributed by atoms with Crippen LogP contribution in [0.4, 0.5) is 28.5 Å². The normalized spacial score (nSPS) is 12.0. The number of hydrazone groups is 1. The van der Waals surface area contributed by atoms with Crippen molar-refractivity contribution in [3.05, 3.63) is 40.0 Å². The largest absolute Gasteiger partial charge is 0.419 e. The summed E-state index contributed by atoms with van der Waals surface area (Å²) < 4.78 is 51.5. The van der Waals surface area contributed by atoms with E-state index in [9.17, 15) is 17.6 Å². The number of halogens is 4. The summed E-state index contributed by atoms with van der Waals surface area (Å²) in [6.07, 6.45) is -3.60. The summed E-state index contributed by atoms with van der Waals surface area (Å²) in [7, 11) is 0. The Morgan fingerprint density at radius 3 is 2.67 bits per heavy atom. The highest BCUT2D eigenvalue weighted by molar-refractivity contribution is 7.14. The van der Waals surface area contributed by atoms with Gasteiger partial charge in [0.05, 0.1) is 11.8 Å². The maximum Gasteiger partial charge on any atom is 0.419 e. The molecule has 0 bridgehead atoms. The van der Waals surface area contributed by atoms with Gasteiger partial charge in [-0.05, 0) is 30.2 Å². The number of nitrogen functional groups attached to an aromatic ring is 1. The van der Waals surface area contributed by atoms with Crippen molar-refractivity contribution in [2.45, 2.75) is 13.1 Å². The van der Waals surface area contributed by atoms with Crippen molar-refractivity contribution in [3.63, 3.8) is 0 Å². The van der Waals surface area contributed by atoms with Crippen molar-refractivity contribution in [1.29, 1.82) is 0 Å². The highest BCUT2D eigenvalue weighted by Gasteiger charge is 2.34. The van der Waals surface area contributed by atoms with E-state index >= 15 is 0 Å². The Bertz CT molecular complexity index is 678. The van der Waals surface area contributed by atoms with Crippen LogP contribution in [0.5, 0.6) is 0 Å². The molecule has 0 unspecified atom stereocenters. The third-order valence-corrected chi connectivity index (χ3v) is 3.24. The predicted molar refractivity (Wildman–Crippen MR) is 73.9 cm³/mol. The minimum absolute atomic E-state index is 0.107. The van der Waals surface area contributed by atoms with E-state index in [1.54, 1.807) is 5.38 Å². The van der Waals surface area contributed by atoms with Gasteiger partial charge in [-0.25, -0.2) is 9.37 Å². The summed E-state index contributed by atoms with van der Waals surface area (Å²) in [6.45, 7) is 1.26. The summed E-state index contributed by atoms with van der Waals surface area (Å²) in [5.41, 5.74) is 6.63. The van der Waals surface area contributed by atoms with Gasteiger partial charge < -0.3 is 5.73 Å². The third-order valence-electron chi connectivity index (χ3n) is 2.48. The Balaban J connectivity index is 2.22. The van der Waals surface area contributed by atoms with Crippen LogP contribution in [-0.2, 0) is 6.18 Å². The number of hydrogen-bond acceptors (Lipinski definition) is 5. The summed E-state index contributed by atoms with van der Waals surface area (Å²) in [5.74, 6) is -0.963. The Kier molecular flexibility index (Phi) is 4.12. The van der Waals surface area contributed by atoms with Gasteiger partial charge in [-0.15, -0.1) is 11.3 Å². The molecule has 3 N–H and O–H groups in total. The van der Waals surface area contributed by atoms with Gasteiger partial charge in [0.25, 0.3) is 0 Å². The van der Waals surface area contributed by atoms with Gasteiger partial charge in [-0.2, -0.15) is 18.3 Å². The number of aryl methyl sites for hydroxylation is 1. The van der Waals surface area contributed by atoms with Gasteiger partial charge in [0.2, 0.25) is 5.13 Å². The Morgan fingerprint density at radius 1 is 1.38 bits per heavy atom. The van der Waals surface area contributed by atoms with E-state index in [0.717, 1.165) is 6.21 Å². The number of alkyl halides is 3. The number of nitrogens with zero attached hydrogens (tertiary/aromatic N) is 2. The lowest BCUT2D eigenvalue weighted by Gasteiger charge is -2.10. The van der Waals surface area contributed by atoms with Gasteiger partial charge in [0.1, 0.15) is 11.6 Å². The number of rotatable bonds is 3. The van der Waals surface area contributed by atoms with Crippen LogP contribution in [0.2, 0.25) is 0 Å². The van der Waals surface area contributed by atoms with Gasteiger partial charge >= 0.3 is 6.18 Å². The zero-order valence-electron chi connectivity index (χ0n) is 10.7. The predicted octanol–water partition coefficient (Wildman–Crippen LogP) is 3.64. The fourth-order valence-electron chi connectivity index (χ4n) is 1.58. The Labute approximate surface area is 121 Å². The molecule has 0 radical (unpaired) electrons. The number of benzene rings is 1. The fourth-order valence-corrected chi connectivity index (χ4v) is 2.13. The quantitative estimate of drug-likeness (QED) is 0.516. The number of nitrogens with two attached hydrogens (primary N) is 1. The van der Waals surface area contributed by atoms with Crippen molar-refractivity contribution in [2.24, 2.45) is 5.10 Å². The summed E-state index contributed by atoms with van der Waals surface area (Å²) >= 11 is 1.20. The highest BCUT2D eigenvalue weighted by Crippen LogP contribution is 2.33. The second-order valence-corrected chi connectivity index (χ2v) is 5.00. The van der Waals surface area contributed by atoms with Crippen LogP contribution in [0, 0.1) is 12.7 Å². The first kappa shape index (κ1) is 15.2. The first-order chi connectivity index (χ1) is 9.77. The summed E-state index contributed by atoms with van der Waals surface area (Å²) in [5, 5.41) is 5.73. The van der Waals surface area contributed by atoms with Crippen LogP contribution in [0.3, 0.4) is 0 Å². The molecule has 2 rings (SSSR count). The van der Waals surface area contributed by atoms with E-state index in [1.165, 1.54) is 24.3 Å². The average Bonchev–Trinajstić information content (AvgIpc) is 2.78. The molecule has 0 amide bonds. The van der Waals surface area contributed by atoms with Crippen molar-refractivity contribution in [1.82, 2.24) is 4.98 Å². The molecule has 0 saturated carbocycles. The zero-order chi connectivity index (χ0) is 15.6. The van der Waals surface area contributed by atoms with Crippen LogP contribution >= 0.6 is 11.3 Å². The molecule has 1 aromatic heterocycles. The van der Waals surface area contributed by atoms with Gasteiger partial charge in [-0.3, -0.25) is 5.43 Å². The molecule has 0 aliphatic rings. The minimum Gasteiger partial charge on any atom is -0.383 e. The van der Waals surface area contributed by atoms with Gasteiger partial charge in [0, 0.05) is 5.38 Å². The molecule has 0 atom stereocenters. The number of thiazole rings is 1. The molecular formula is C12H10F4N4S. The Morgan fingerprint density at radius 2 is 2.10 bits per heavy atom. The molecule has 9 heteroatoms. The topological polar surface area (TPSA) is 63.3 Å². The Hall–Kier alpha value is -2.16. The van der Waals surface area contributed by atoms with E-state index in [-0.39, 0.29) is 11.1 Å². The van der Waals surface area contributed by atoms with Gasteiger partial charge in [0.15, 0.2) is 0 Å². The third kappa shape index (κ3) is 3.69. The molecule has 112 valence electrons. The molecule has 0 fully saturated rings. The van der Waals surface area contributed by atoms with Crippen molar-refractivity contribution in [2.75, 3.05) is 11.2 Å².